The molecule has 0 atom stereocenters. The maximum absolute atomic E-state index is 5.66. The second-order valence-corrected chi connectivity index (χ2v) is 4.70. The molecule has 1 aromatic carbocycles. The molecule has 2 N–H and O–H groups in total. The summed E-state index contributed by atoms with van der Waals surface area (Å²) in [5, 5.41) is 0. The van der Waals surface area contributed by atoms with Crippen molar-refractivity contribution in [3.63, 3.8) is 0 Å². The number of hydrogen-bond acceptors (Lipinski definition) is 1. The summed E-state index contributed by atoms with van der Waals surface area (Å²) in [6.45, 7) is 7.30. The van der Waals surface area contributed by atoms with E-state index in [-0.39, 0.29) is 0 Å². The molecule has 1 heteroatoms. The van der Waals surface area contributed by atoms with E-state index >= 15 is 0 Å². The minimum Gasteiger partial charge on any atom is -0.327 e. The molecule has 0 aliphatic heterocycles. The first kappa shape index (κ1) is 13.0. The van der Waals surface area contributed by atoms with Crippen molar-refractivity contribution in [2.24, 2.45) is 11.7 Å². The van der Waals surface area contributed by atoms with E-state index in [1.54, 1.807) is 0 Å². The second kappa shape index (κ2) is 6.49. The molecule has 1 rings (SSSR count). The fourth-order valence-electron chi connectivity index (χ4n) is 1.76. The minimum absolute atomic E-state index is 0.657. The Morgan fingerprint density at radius 2 is 1.88 bits per heavy atom. The summed E-state index contributed by atoms with van der Waals surface area (Å²) < 4.78 is 0. The van der Waals surface area contributed by atoms with Gasteiger partial charge in [0.2, 0.25) is 0 Å². The number of hydrogen-bond donors (Lipinski definition) is 1. The van der Waals surface area contributed by atoms with Crippen molar-refractivity contribution in [2.45, 2.75) is 33.6 Å². The van der Waals surface area contributed by atoms with E-state index in [1.165, 1.54) is 16.7 Å². The van der Waals surface area contributed by atoms with Crippen LogP contribution in [0.5, 0.6) is 0 Å². The SMILES string of the molecule is CCC(=Cc1ccc(CC(C)C)cc1)CN. The summed E-state index contributed by atoms with van der Waals surface area (Å²) in [7, 11) is 0. The van der Waals surface area contributed by atoms with Crippen LogP contribution in [0.1, 0.15) is 38.3 Å². The van der Waals surface area contributed by atoms with Gasteiger partial charge in [0.25, 0.3) is 0 Å². The van der Waals surface area contributed by atoms with E-state index in [4.69, 9.17) is 5.73 Å². The average Bonchev–Trinajstić information content (AvgIpc) is 2.27. The first-order chi connectivity index (χ1) is 7.65. The molecule has 0 radical (unpaired) electrons. The van der Waals surface area contributed by atoms with Crippen LogP contribution in [0.15, 0.2) is 29.8 Å². The minimum atomic E-state index is 0.657. The van der Waals surface area contributed by atoms with Gasteiger partial charge in [-0.05, 0) is 29.9 Å². The van der Waals surface area contributed by atoms with Crippen molar-refractivity contribution >= 4 is 6.08 Å². The molecular formula is C15H23N. The molecule has 16 heavy (non-hydrogen) atoms. The highest BCUT2D eigenvalue weighted by atomic mass is 14.5. The largest absolute Gasteiger partial charge is 0.327 e. The van der Waals surface area contributed by atoms with Gasteiger partial charge in [-0.25, -0.2) is 0 Å². The van der Waals surface area contributed by atoms with Crippen LogP contribution >= 0.6 is 0 Å². The number of nitrogens with two attached hydrogens (primary N) is 1. The fourth-order valence-corrected chi connectivity index (χ4v) is 1.76. The molecule has 0 aromatic heterocycles. The Kier molecular flexibility index (Phi) is 5.27. The van der Waals surface area contributed by atoms with E-state index < -0.39 is 0 Å². The zero-order valence-electron chi connectivity index (χ0n) is 10.7. The predicted octanol–water partition coefficient (Wildman–Crippen LogP) is 3.64. The van der Waals surface area contributed by atoms with Crippen LogP contribution in [-0.2, 0) is 6.42 Å². The second-order valence-electron chi connectivity index (χ2n) is 4.70. The summed E-state index contributed by atoms with van der Waals surface area (Å²) in [6.07, 6.45) is 4.38. The lowest BCUT2D eigenvalue weighted by Crippen LogP contribution is -2.01. The Morgan fingerprint density at radius 1 is 1.25 bits per heavy atom. The third kappa shape index (κ3) is 4.19. The van der Waals surface area contributed by atoms with E-state index in [0.29, 0.717) is 6.54 Å². The van der Waals surface area contributed by atoms with Gasteiger partial charge in [0.15, 0.2) is 0 Å². The van der Waals surface area contributed by atoms with Crippen LogP contribution in [0.2, 0.25) is 0 Å². The standard InChI is InChI=1S/C15H23N/c1-4-13(11-16)10-15-7-5-14(6-8-15)9-12(2)3/h5-8,10,12H,4,9,11,16H2,1-3H3. The van der Waals surface area contributed by atoms with Crippen LogP contribution in [0.3, 0.4) is 0 Å². The Balaban J connectivity index is 2.74. The number of rotatable bonds is 5. The van der Waals surface area contributed by atoms with Gasteiger partial charge in [-0.3, -0.25) is 0 Å². The van der Waals surface area contributed by atoms with E-state index in [9.17, 15) is 0 Å². The third-order valence-electron chi connectivity index (χ3n) is 2.71. The topological polar surface area (TPSA) is 26.0 Å². The Labute approximate surface area is 99.4 Å². The zero-order chi connectivity index (χ0) is 12.0. The van der Waals surface area contributed by atoms with Gasteiger partial charge >= 0.3 is 0 Å². The van der Waals surface area contributed by atoms with Gasteiger partial charge in [0.1, 0.15) is 0 Å². The highest BCUT2D eigenvalue weighted by molar-refractivity contribution is 5.53. The van der Waals surface area contributed by atoms with Crippen LogP contribution in [-0.4, -0.2) is 6.54 Å². The number of benzene rings is 1. The molecule has 0 fully saturated rings. The molecule has 0 spiro atoms. The van der Waals surface area contributed by atoms with Gasteiger partial charge < -0.3 is 5.73 Å². The summed E-state index contributed by atoms with van der Waals surface area (Å²) in [6, 6.07) is 8.80. The van der Waals surface area contributed by atoms with E-state index in [0.717, 1.165) is 18.8 Å². The van der Waals surface area contributed by atoms with Crippen LogP contribution in [0.4, 0.5) is 0 Å². The van der Waals surface area contributed by atoms with Gasteiger partial charge in [-0.2, -0.15) is 0 Å². The average molecular weight is 217 g/mol. The summed E-state index contributed by atoms with van der Waals surface area (Å²) in [5.41, 5.74) is 9.63. The summed E-state index contributed by atoms with van der Waals surface area (Å²) in [4.78, 5) is 0. The smallest absolute Gasteiger partial charge is 0.0140 e. The van der Waals surface area contributed by atoms with Gasteiger partial charge in [-0.15, -0.1) is 0 Å². The molecule has 0 bridgehead atoms. The van der Waals surface area contributed by atoms with Crippen molar-refractivity contribution < 1.29 is 0 Å². The quantitative estimate of drug-likeness (QED) is 0.800. The maximum Gasteiger partial charge on any atom is 0.0140 e. The first-order valence-electron chi connectivity index (χ1n) is 6.14. The lowest BCUT2D eigenvalue weighted by molar-refractivity contribution is 0.647. The Bertz CT molecular complexity index is 327. The first-order valence-corrected chi connectivity index (χ1v) is 6.14. The fraction of sp³-hybridized carbons (Fsp3) is 0.467. The molecule has 0 amide bonds. The molecule has 1 aromatic rings. The zero-order valence-corrected chi connectivity index (χ0v) is 10.7. The van der Waals surface area contributed by atoms with Crippen LogP contribution in [0, 0.1) is 5.92 Å². The van der Waals surface area contributed by atoms with Gasteiger partial charge in [0, 0.05) is 6.54 Å². The Morgan fingerprint density at radius 3 is 2.31 bits per heavy atom. The highest BCUT2D eigenvalue weighted by Crippen LogP contribution is 2.13. The predicted molar refractivity (Wildman–Crippen MR) is 72.3 cm³/mol. The van der Waals surface area contributed by atoms with Crippen molar-refractivity contribution in [1.82, 2.24) is 0 Å². The van der Waals surface area contributed by atoms with Gasteiger partial charge in [-0.1, -0.05) is 56.7 Å². The molecule has 0 saturated carbocycles. The monoisotopic (exact) mass is 217 g/mol. The van der Waals surface area contributed by atoms with E-state index in [1.807, 2.05) is 0 Å². The molecule has 0 aliphatic rings. The van der Waals surface area contributed by atoms with Crippen molar-refractivity contribution in [2.75, 3.05) is 6.54 Å². The summed E-state index contributed by atoms with van der Waals surface area (Å²) >= 11 is 0. The van der Waals surface area contributed by atoms with Crippen molar-refractivity contribution in [1.29, 1.82) is 0 Å². The normalized spacial score (nSPS) is 12.2. The Hall–Kier alpha value is -1.08. The molecular weight excluding hydrogens is 194 g/mol. The third-order valence-corrected chi connectivity index (χ3v) is 2.71. The van der Waals surface area contributed by atoms with Crippen LogP contribution < -0.4 is 5.73 Å². The molecule has 1 nitrogen and oxygen atoms in total. The van der Waals surface area contributed by atoms with Gasteiger partial charge in [0.05, 0.1) is 0 Å². The maximum atomic E-state index is 5.66. The molecule has 0 unspecified atom stereocenters. The highest BCUT2D eigenvalue weighted by Gasteiger charge is 1.97. The molecule has 0 saturated heterocycles. The van der Waals surface area contributed by atoms with E-state index in [2.05, 4.69) is 51.1 Å². The molecule has 88 valence electrons. The lowest BCUT2D eigenvalue weighted by atomic mass is 10.0. The summed E-state index contributed by atoms with van der Waals surface area (Å²) in [5.74, 6) is 0.719. The van der Waals surface area contributed by atoms with Crippen molar-refractivity contribution in [3.8, 4) is 0 Å². The van der Waals surface area contributed by atoms with Crippen molar-refractivity contribution in [3.05, 3.63) is 41.0 Å². The molecule has 0 aliphatic carbocycles. The lowest BCUT2D eigenvalue weighted by Gasteiger charge is -2.05. The molecule has 0 heterocycles. The van der Waals surface area contributed by atoms with Crippen LogP contribution in [0.25, 0.3) is 6.08 Å².